The van der Waals surface area contributed by atoms with Crippen molar-refractivity contribution in [2.75, 3.05) is 11.9 Å². The van der Waals surface area contributed by atoms with E-state index < -0.39 is 0 Å². The molecule has 4 heteroatoms. The normalized spacial score (nSPS) is 19.4. The second-order valence-electron chi connectivity index (χ2n) is 4.18. The molecule has 0 aromatic heterocycles. The molecule has 0 saturated carbocycles. The number of nitrogens with one attached hydrogen (secondary N) is 2. The van der Waals surface area contributed by atoms with E-state index in [0.717, 1.165) is 31.5 Å². The highest BCUT2D eigenvalue weighted by atomic mass is 16.2. The third kappa shape index (κ3) is 3.05. The fourth-order valence-corrected chi connectivity index (χ4v) is 1.93. The van der Waals surface area contributed by atoms with Crippen molar-refractivity contribution in [2.24, 2.45) is 0 Å². The lowest BCUT2D eigenvalue weighted by Crippen LogP contribution is -2.43. The van der Waals surface area contributed by atoms with Crippen LogP contribution in [0.1, 0.15) is 24.8 Å². The molecule has 1 fully saturated rings. The Bertz CT molecular complexity index is 427. The molecule has 1 aromatic carbocycles. The SMILES string of the molecule is N#Cc1ccc(NC(=O)C2CCCCN2)cc1. The zero-order valence-electron chi connectivity index (χ0n) is 9.57. The van der Waals surface area contributed by atoms with Crippen molar-refractivity contribution >= 4 is 11.6 Å². The Kier molecular flexibility index (Phi) is 3.73. The molecule has 0 bridgehead atoms. The number of carbonyl (C=O) groups is 1. The summed E-state index contributed by atoms with van der Waals surface area (Å²) in [5.74, 6) is 0.00871. The minimum Gasteiger partial charge on any atom is -0.325 e. The fourth-order valence-electron chi connectivity index (χ4n) is 1.93. The first-order valence-corrected chi connectivity index (χ1v) is 5.84. The van der Waals surface area contributed by atoms with Crippen LogP contribution in [0.2, 0.25) is 0 Å². The molecule has 2 rings (SSSR count). The van der Waals surface area contributed by atoms with Gasteiger partial charge in [0.1, 0.15) is 0 Å². The Balaban J connectivity index is 1.95. The summed E-state index contributed by atoms with van der Waals surface area (Å²) < 4.78 is 0. The number of nitrogens with zero attached hydrogens (tertiary/aromatic N) is 1. The van der Waals surface area contributed by atoms with Gasteiger partial charge < -0.3 is 10.6 Å². The number of hydrogen-bond acceptors (Lipinski definition) is 3. The number of anilines is 1. The Morgan fingerprint density at radius 3 is 2.71 bits per heavy atom. The second kappa shape index (κ2) is 5.46. The van der Waals surface area contributed by atoms with Crippen molar-refractivity contribution in [3.8, 4) is 6.07 Å². The smallest absolute Gasteiger partial charge is 0.241 e. The molecule has 1 saturated heterocycles. The summed E-state index contributed by atoms with van der Waals surface area (Å²) in [5, 5.41) is 14.7. The van der Waals surface area contributed by atoms with Gasteiger partial charge in [0.05, 0.1) is 17.7 Å². The summed E-state index contributed by atoms with van der Waals surface area (Å²) in [5.41, 5.74) is 1.33. The van der Waals surface area contributed by atoms with Gasteiger partial charge in [-0.15, -0.1) is 0 Å². The molecule has 88 valence electrons. The van der Waals surface area contributed by atoms with Crippen LogP contribution in [-0.2, 0) is 4.79 Å². The maximum Gasteiger partial charge on any atom is 0.241 e. The van der Waals surface area contributed by atoms with E-state index in [1.165, 1.54) is 0 Å². The van der Waals surface area contributed by atoms with Crippen LogP contribution in [0.3, 0.4) is 0 Å². The van der Waals surface area contributed by atoms with E-state index in [4.69, 9.17) is 5.26 Å². The van der Waals surface area contributed by atoms with Crippen LogP contribution in [0.15, 0.2) is 24.3 Å². The van der Waals surface area contributed by atoms with Gasteiger partial charge in [0.15, 0.2) is 0 Å². The fraction of sp³-hybridized carbons (Fsp3) is 0.385. The summed E-state index contributed by atoms with van der Waals surface area (Å²) in [6.45, 7) is 0.908. The van der Waals surface area contributed by atoms with Crippen molar-refractivity contribution in [1.29, 1.82) is 5.26 Å². The van der Waals surface area contributed by atoms with Crippen molar-refractivity contribution in [1.82, 2.24) is 5.32 Å². The first-order valence-electron chi connectivity index (χ1n) is 5.84. The van der Waals surface area contributed by atoms with E-state index in [0.29, 0.717) is 5.56 Å². The number of benzene rings is 1. The summed E-state index contributed by atoms with van der Waals surface area (Å²) in [6.07, 6.45) is 3.13. The lowest BCUT2D eigenvalue weighted by Gasteiger charge is -2.22. The number of piperidine rings is 1. The van der Waals surface area contributed by atoms with Gasteiger partial charge in [0.2, 0.25) is 5.91 Å². The second-order valence-corrected chi connectivity index (χ2v) is 4.18. The molecule has 2 N–H and O–H groups in total. The van der Waals surface area contributed by atoms with Crippen molar-refractivity contribution < 1.29 is 4.79 Å². The molecule has 0 aliphatic carbocycles. The van der Waals surface area contributed by atoms with Crippen LogP contribution in [0.25, 0.3) is 0 Å². The lowest BCUT2D eigenvalue weighted by molar-refractivity contribution is -0.118. The quantitative estimate of drug-likeness (QED) is 0.810. The van der Waals surface area contributed by atoms with Gasteiger partial charge >= 0.3 is 0 Å². The van der Waals surface area contributed by atoms with Crippen LogP contribution >= 0.6 is 0 Å². The summed E-state index contributed by atoms with van der Waals surface area (Å²) >= 11 is 0. The maximum absolute atomic E-state index is 11.9. The Hall–Kier alpha value is -1.86. The zero-order valence-corrected chi connectivity index (χ0v) is 9.57. The first-order chi connectivity index (χ1) is 8.29. The van der Waals surface area contributed by atoms with Gasteiger partial charge in [-0.1, -0.05) is 6.42 Å². The number of hydrogen-bond donors (Lipinski definition) is 2. The average molecular weight is 229 g/mol. The minimum atomic E-state index is -0.0839. The predicted molar refractivity (Wildman–Crippen MR) is 65.4 cm³/mol. The molecule has 1 heterocycles. The van der Waals surface area contributed by atoms with Gasteiger partial charge in [-0.05, 0) is 43.7 Å². The molecule has 1 atom stereocenters. The van der Waals surface area contributed by atoms with Gasteiger partial charge in [-0.25, -0.2) is 0 Å². The van der Waals surface area contributed by atoms with Crippen LogP contribution in [-0.4, -0.2) is 18.5 Å². The molecule has 1 amide bonds. The molecule has 1 aromatic rings. The Labute approximate surface area is 101 Å². The summed E-state index contributed by atoms with van der Waals surface area (Å²) in [6, 6.07) is 8.86. The molecule has 0 radical (unpaired) electrons. The standard InChI is InChI=1S/C13H15N3O/c14-9-10-4-6-11(7-5-10)16-13(17)12-3-1-2-8-15-12/h4-7,12,15H,1-3,8H2,(H,16,17). The highest BCUT2D eigenvalue weighted by molar-refractivity contribution is 5.94. The van der Waals surface area contributed by atoms with Gasteiger partial charge in [0, 0.05) is 5.69 Å². The highest BCUT2D eigenvalue weighted by Crippen LogP contribution is 2.12. The van der Waals surface area contributed by atoms with E-state index >= 15 is 0 Å². The van der Waals surface area contributed by atoms with Crippen molar-refractivity contribution in [2.45, 2.75) is 25.3 Å². The van der Waals surface area contributed by atoms with E-state index in [9.17, 15) is 4.79 Å². The number of amides is 1. The first kappa shape index (κ1) is 11.6. The maximum atomic E-state index is 11.9. The molecule has 0 spiro atoms. The predicted octanol–water partition coefficient (Wildman–Crippen LogP) is 1.64. The molecule has 17 heavy (non-hydrogen) atoms. The van der Waals surface area contributed by atoms with Gasteiger partial charge in [0.25, 0.3) is 0 Å². The van der Waals surface area contributed by atoms with Crippen LogP contribution in [0.4, 0.5) is 5.69 Å². The van der Waals surface area contributed by atoms with E-state index in [1.807, 2.05) is 6.07 Å². The van der Waals surface area contributed by atoms with E-state index in [1.54, 1.807) is 24.3 Å². The zero-order chi connectivity index (χ0) is 12.1. The van der Waals surface area contributed by atoms with Crippen LogP contribution in [0, 0.1) is 11.3 Å². The largest absolute Gasteiger partial charge is 0.325 e. The summed E-state index contributed by atoms with van der Waals surface area (Å²) in [4.78, 5) is 11.9. The van der Waals surface area contributed by atoms with E-state index in [-0.39, 0.29) is 11.9 Å². The monoisotopic (exact) mass is 229 g/mol. The average Bonchev–Trinajstić information content (AvgIpc) is 2.40. The third-order valence-electron chi connectivity index (χ3n) is 2.91. The van der Waals surface area contributed by atoms with E-state index in [2.05, 4.69) is 10.6 Å². The van der Waals surface area contributed by atoms with Gasteiger partial charge in [-0.2, -0.15) is 5.26 Å². The lowest BCUT2D eigenvalue weighted by atomic mass is 10.0. The molecule has 1 aliphatic rings. The number of rotatable bonds is 2. The molecule has 1 aliphatic heterocycles. The Morgan fingerprint density at radius 2 is 2.12 bits per heavy atom. The van der Waals surface area contributed by atoms with Crippen LogP contribution < -0.4 is 10.6 Å². The summed E-state index contributed by atoms with van der Waals surface area (Å²) in [7, 11) is 0. The van der Waals surface area contributed by atoms with Gasteiger partial charge in [-0.3, -0.25) is 4.79 Å². The topological polar surface area (TPSA) is 64.9 Å². The minimum absolute atomic E-state index is 0.00871. The van der Waals surface area contributed by atoms with Crippen LogP contribution in [0.5, 0.6) is 0 Å². The molecular formula is C13H15N3O. The number of nitriles is 1. The molecule has 4 nitrogen and oxygen atoms in total. The van der Waals surface area contributed by atoms with Crippen molar-refractivity contribution in [3.63, 3.8) is 0 Å². The number of carbonyl (C=O) groups excluding carboxylic acids is 1. The molecular weight excluding hydrogens is 214 g/mol. The highest BCUT2D eigenvalue weighted by Gasteiger charge is 2.20. The van der Waals surface area contributed by atoms with Crippen molar-refractivity contribution in [3.05, 3.63) is 29.8 Å². The third-order valence-corrected chi connectivity index (χ3v) is 2.91. The Morgan fingerprint density at radius 1 is 1.35 bits per heavy atom. The molecule has 1 unspecified atom stereocenters.